The van der Waals surface area contributed by atoms with Gasteiger partial charge in [-0.1, -0.05) is 17.7 Å². The summed E-state index contributed by atoms with van der Waals surface area (Å²) < 4.78 is 50.8. The van der Waals surface area contributed by atoms with Gasteiger partial charge in [0.2, 0.25) is 0 Å². The lowest BCUT2D eigenvalue weighted by Crippen LogP contribution is -2.11. The highest BCUT2D eigenvalue weighted by atomic mass is 35.5. The molecule has 0 bridgehead atoms. The average molecular weight is 318 g/mol. The first-order valence-corrected chi connectivity index (χ1v) is 6.04. The summed E-state index contributed by atoms with van der Waals surface area (Å²) in [5, 5.41) is 0.308. The SMILES string of the molecule is Nc1cc(Cl)ccc1C(=O)c1ccc(C(F)(F)F)c(F)c1. The summed E-state index contributed by atoms with van der Waals surface area (Å²) in [4.78, 5) is 12.1. The van der Waals surface area contributed by atoms with Gasteiger partial charge in [-0.05, 0) is 30.3 Å². The van der Waals surface area contributed by atoms with Crippen LogP contribution in [0, 0.1) is 5.82 Å². The second-order valence-corrected chi connectivity index (χ2v) is 4.69. The van der Waals surface area contributed by atoms with Crippen LogP contribution in [0.25, 0.3) is 0 Å². The van der Waals surface area contributed by atoms with Crippen molar-refractivity contribution < 1.29 is 22.4 Å². The van der Waals surface area contributed by atoms with Gasteiger partial charge in [-0.25, -0.2) is 4.39 Å². The van der Waals surface area contributed by atoms with E-state index in [2.05, 4.69) is 0 Å². The lowest BCUT2D eigenvalue weighted by Gasteiger charge is -2.10. The Labute approximate surface area is 122 Å². The highest BCUT2D eigenvalue weighted by Gasteiger charge is 2.34. The zero-order valence-electron chi connectivity index (χ0n) is 10.3. The van der Waals surface area contributed by atoms with E-state index in [4.69, 9.17) is 17.3 Å². The Balaban J connectivity index is 2.43. The first kappa shape index (κ1) is 15.3. The van der Waals surface area contributed by atoms with Crippen LogP contribution in [0.4, 0.5) is 23.2 Å². The van der Waals surface area contributed by atoms with E-state index in [9.17, 15) is 22.4 Å². The average Bonchev–Trinajstić information content (AvgIpc) is 2.36. The summed E-state index contributed by atoms with van der Waals surface area (Å²) in [5.74, 6) is -2.20. The third kappa shape index (κ3) is 3.16. The Morgan fingerprint density at radius 3 is 2.29 bits per heavy atom. The van der Waals surface area contributed by atoms with Crippen LogP contribution < -0.4 is 5.73 Å². The van der Waals surface area contributed by atoms with E-state index in [1.54, 1.807) is 0 Å². The number of nitrogens with two attached hydrogens (primary N) is 1. The molecular weight excluding hydrogens is 310 g/mol. The van der Waals surface area contributed by atoms with Gasteiger partial charge in [0.25, 0.3) is 0 Å². The number of ketones is 1. The predicted octanol–water partition coefficient (Wildman–Crippen LogP) is 4.31. The maximum atomic E-state index is 13.5. The van der Waals surface area contributed by atoms with Gasteiger partial charge >= 0.3 is 6.18 Å². The molecule has 2 N–H and O–H groups in total. The van der Waals surface area contributed by atoms with Gasteiger partial charge in [-0.2, -0.15) is 13.2 Å². The standard InChI is InChI=1S/C14H8ClF4NO/c15-8-2-3-9(12(20)6-8)13(21)7-1-4-10(11(16)5-7)14(17,18)19/h1-6H,20H2. The monoisotopic (exact) mass is 317 g/mol. The Morgan fingerprint density at radius 1 is 1.10 bits per heavy atom. The molecule has 0 atom stereocenters. The molecule has 0 amide bonds. The topological polar surface area (TPSA) is 43.1 Å². The number of carbonyl (C=O) groups excluding carboxylic acids is 1. The molecule has 2 aromatic rings. The summed E-state index contributed by atoms with van der Waals surface area (Å²) in [5.41, 5.74) is 4.07. The molecule has 0 aliphatic rings. The molecule has 21 heavy (non-hydrogen) atoms. The smallest absolute Gasteiger partial charge is 0.398 e. The molecule has 0 heterocycles. The number of alkyl halides is 3. The molecular formula is C14H8ClF4NO. The van der Waals surface area contributed by atoms with Crippen molar-refractivity contribution in [2.45, 2.75) is 6.18 Å². The number of hydrogen-bond acceptors (Lipinski definition) is 2. The number of halogens is 5. The zero-order valence-corrected chi connectivity index (χ0v) is 11.1. The molecule has 0 aliphatic carbocycles. The number of benzene rings is 2. The minimum Gasteiger partial charge on any atom is -0.398 e. The summed E-state index contributed by atoms with van der Waals surface area (Å²) in [6, 6.07) is 6.03. The number of anilines is 1. The van der Waals surface area contributed by atoms with E-state index in [1.807, 2.05) is 0 Å². The third-order valence-corrected chi connectivity index (χ3v) is 3.03. The Kier molecular flexibility index (Phi) is 3.91. The molecule has 2 aromatic carbocycles. The van der Waals surface area contributed by atoms with Crippen molar-refractivity contribution in [3.8, 4) is 0 Å². The van der Waals surface area contributed by atoms with E-state index >= 15 is 0 Å². The van der Waals surface area contributed by atoms with Gasteiger partial charge in [-0.3, -0.25) is 4.79 Å². The largest absolute Gasteiger partial charge is 0.419 e. The van der Waals surface area contributed by atoms with Crippen LogP contribution >= 0.6 is 11.6 Å². The fourth-order valence-electron chi connectivity index (χ4n) is 1.78. The van der Waals surface area contributed by atoms with Gasteiger partial charge in [0.1, 0.15) is 5.82 Å². The lowest BCUT2D eigenvalue weighted by atomic mass is 10.00. The van der Waals surface area contributed by atoms with E-state index < -0.39 is 23.3 Å². The van der Waals surface area contributed by atoms with Crippen molar-refractivity contribution in [3.63, 3.8) is 0 Å². The second-order valence-electron chi connectivity index (χ2n) is 4.25. The highest BCUT2D eigenvalue weighted by Crippen LogP contribution is 2.32. The Bertz CT molecular complexity index is 713. The van der Waals surface area contributed by atoms with Crippen molar-refractivity contribution in [2.75, 3.05) is 5.73 Å². The third-order valence-electron chi connectivity index (χ3n) is 2.79. The van der Waals surface area contributed by atoms with Gasteiger partial charge < -0.3 is 5.73 Å². The number of hydrogen-bond donors (Lipinski definition) is 1. The quantitative estimate of drug-likeness (QED) is 0.509. The van der Waals surface area contributed by atoms with Crippen LogP contribution in [0.3, 0.4) is 0 Å². The summed E-state index contributed by atoms with van der Waals surface area (Å²) >= 11 is 5.69. The molecule has 0 aromatic heterocycles. The van der Waals surface area contributed by atoms with Gasteiger partial charge in [0, 0.05) is 21.8 Å². The molecule has 0 radical (unpaired) electrons. The van der Waals surface area contributed by atoms with E-state index in [0.29, 0.717) is 17.2 Å². The van der Waals surface area contributed by atoms with Gasteiger partial charge in [0.05, 0.1) is 5.56 Å². The summed E-state index contributed by atoms with van der Waals surface area (Å²) in [7, 11) is 0. The van der Waals surface area contributed by atoms with Crippen LogP contribution in [0.5, 0.6) is 0 Å². The van der Waals surface area contributed by atoms with Gasteiger partial charge in [-0.15, -0.1) is 0 Å². The first-order chi connectivity index (χ1) is 9.70. The fourth-order valence-corrected chi connectivity index (χ4v) is 1.96. The summed E-state index contributed by atoms with van der Waals surface area (Å²) in [6.45, 7) is 0. The van der Waals surface area contributed by atoms with Crippen molar-refractivity contribution in [1.82, 2.24) is 0 Å². The van der Waals surface area contributed by atoms with Crippen LogP contribution in [-0.2, 0) is 6.18 Å². The zero-order chi connectivity index (χ0) is 15.8. The molecule has 2 rings (SSSR count). The minimum absolute atomic E-state index is 0.0403. The van der Waals surface area contributed by atoms with Crippen molar-refractivity contribution in [2.24, 2.45) is 0 Å². The molecule has 0 unspecified atom stereocenters. The molecule has 110 valence electrons. The molecule has 0 saturated carbocycles. The van der Waals surface area contributed by atoms with Crippen LogP contribution in [-0.4, -0.2) is 5.78 Å². The molecule has 0 aliphatic heterocycles. The molecule has 0 spiro atoms. The number of rotatable bonds is 2. The number of carbonyl (C=O) groups is 1. The van der Waals surface area contributed by atoms with Crippen molar-refractivity contribution in [1.29, 1.82) is 0 Å². The first-order valence-electron chi connectivity index (χ1n) is 5.66. The van der Waals surface area contributed by atoms with E-state index in [1.165, 1.54) is 18.2 Å². The Hall–Kier alpha value is -2.08. The Morgan fingerprint density at radius 2 is 1.76 bits per heavy atom. The second kappa shape index (κ2) is 5.37. The molecule has 0 fully saturated rings. The fraction of sp³-hybridized carbons (Fsp3) is 0.0714. The predicted molar refractivity (Wildman–Crippen MR) is 70.7 cm³/mol. The van der Waals surface area contributed by atoms with Crippen LogP contribution in [0.1, 0.15) is 21.5 Å². The highest BCUT2D eigenvalue weighted by molar-refractivity contribution is 6.31. The maximum Gasteiger partial charge on any atom is 0.419 e. The number of nitrogen functional groups attached to an aromatic ring is 1. The lowest BCUT2D eigenvalue weighted by molar-refractivity contribution is -0.140. The van der Waals surface area contributed by atoms with E-state index in [0.717, 1.165) is 6.07 Å². The van der Waals surface area contributed by atoms with Crippen LogP contribution in [0.15, 0.2) is 36.4 Å². The van der Waals surface area contributed by atoms with Crippen molar-refractivity contribution in [3.05, 3.63) is 63.9 Å². The molecule has 7 heteroatoms. The molecule has 0 saturated heterocycles. The van der Waals surface area contributed by atoms with E-state index in [-0.39, 0.29) is 16.8 Å². The minimum atomic E-state index is -4.81. The molecule has 2 nitrogen and oxygen atoms in total. The maximum absolute atomic E-state index is 13.5. The van der Waals surface area contributed by atoms with Gasteiger partial charge in [0.15, 0.2) is 5.78 Å². The summed E-state index contributed by atoms with van der Waals surface area (Å²) in [6.07, 6.45) is -4.81. The normalized spacial score (nSPS) is 11.5. The van der Waals surface area contributed by atoms with Crippen molar-refractivity contribution >= 4 is 23.1 Å². The van der Waals surface area contributed by atoms with Crippen LogP contribution in [0.2, 0.25) is 5.02 Å².